The van der Waals surface area contributed by atoms with Gasteiger partial charge in [0.15, 0.2) is 0 Å². The summed E-state index contributed by atoms with van der Waals surface area (Å²) in [5, 5.41) is 10.7. The quantitative estimate of drug-likeness (QED) is 0.833. The van der Waals surface area contributed by atoms with Crippen molar-refractivity contribution in [2.45, 2.75) is 0 Å². The lowest BCUT2D eigenvalue weighted by Gasteiger charge is -2.01. The van der Waals surface area contributed by atoms with Crippen LogP contribution in [0.1, 0.15) is 0 Å². The summed E-state index contributed by atoms with van der Waals surface area (Å²) in [6.07, 6.45) is 0.527. The Morgan fingerprint density at radius 3 is 2.93 bits per heavy atom. The minimum absolute atomic E-state index is 0.287. The highest BCUT2D eigenvalue weighted by Crippen LogP contribution is 2.17. The first-order chi connectivity index (χ1) is 7.15. The molecule has 0 aliphatic carbocycles. The van der Waals surface area contributed by atoms with Gasteiger partial charge >= 0.3 is 6.09 Å². The number of rotatable bonds is 1. The molecule has 0 fully saturated rings. The molecule has 76 valence electrons. The zero-order chi connectivity index (χ0) is 10.8. The highest BCUT2D eigenvalue weighted by Gasteiger charge is 2.02. The molecule has 2 aromatic heterocycles. The van der Waals surface area contributed by atoms with E-state index >= 15 is 0 Å². The zero-order valence-corrected chi connectivity index (χ0v) is 9.02. The minimum Gasteiger partial charge on any atom is -0.465 e. The molecule has 0 radical (unpaired) electrons. The molecule has 2 aromatic rings. The molecule has 1 amide bonds. The maximum absolute atomic E-state index is 10.4. The van der Waals surface area contributed by atoms with Crippen LogP contribution in [0.4, 0.5) is 10.6 Å². The Hall–Kier alpha value is -1.69. The third-order valence-corrected chi connectivity index (χ3v) is 2.17. The van der Waals surface area contributed by atoms with E-state index in [0.717, 1.165) is 4.47 Å². The predicted molar refractivity (Wildman–Crippen MR) is 58.9 cm³/mol. The van der Waals surface area contributed by atoms with Gasteiger partial charge in [-0.05, 0) is 34.1 Å². The van der Waals surface area contributed by atoms with E-state index in [9.17, 15) is 4.79 Å². The second-order valence-corrected chi connectivity index (χ2v) is 3.73. The molecule has 0 atom stereocenters. The summed E-state index contributed by atoms with van der Waals surface area (Å²) in [5.74, 6) is 0.287. The number of anilines is 1. The van der Waals surface area contributed by atoms with E-state index in [1.807, 2.05) is 0 Å². The van der Waals surface area contributed by atoms with Crippen LogP contribution in [0.25, 0.3) is 11.0 Å². The monoisotopic (exact) mass is 267 g/mol. The topological polar surface area (TPSA) is 75.1 Å². The van der Waals surface area contributed by atoms with Crippen molar-refractivity contribution in [2.75, 3.05) is 5.32 Å². The van der Waals surface area contributed by atoms with E-state index in [0.29, 0.717) is 11.0 Å². The fourth-order valence-corrected chi connectivity index (χ4v) is 1.48. The Morgan fingerprint density at radius 1 is 1.40 bits per heavy atom. The van der Waals surface area contributed by atoms with Crippen LogP contribution in [0.3, 0.4) is 0 Å². The summed E-state index contributed by atoms with van der Waals surface area (Å²) in [7, 11) is 0. The van der Waals surface area contributed by atoms with Gasteiger partial charge in [-0.3, -0.25) is 10.3 Å². The smallest absolute Gasteiger partial charge is 0.410 e. The molecule has 0 aromatic carbocycles. The number of fused-ring (bicyclic) bond motifs is 1. The van der Waals surface area contributed by atoms with Crippen molar-refractivity contribution in [3.8, 4) is 0 Å². The minimum atomic E-state index is -1.13. The Kier molecular flexibility index (Phi) is 2.51. The van der Waals surface area contributed by atoms with Crippen LogP contribution < -0.4 is 5.32 Å². The molecule has 0 unspecified atom stereocenters. The van der Waals surface area contributed by atoms with Gasteiger partial charge in [0.2, 0.25) is 0 Å². The Labute approximate surface area is 93.3 Å². The molecule has 0 aliphatic rings. The number of halogens is 1. The fourth-order valence-electron chi connectivity index (χ4n) is 1.16. The summed E-state index contributed by atoms with van der Waals surface area (Å²) < 4.78 is 0.801. The number of pyridine rings is 2. The molecular formula is C9H6BrN3O2. The zero-order valence-electron chi connectivity index (χ0n) is 7.44. The van der Waals surface area contributed by atoms with Gasteiger partial charge in [0, 0.05) is 10.7 Å². The summed E-state index contributed by atoms with van der Waals surface area (Å²) in [4.78, 5) is 18.6. The lowest BCUT2D eigenvalue weighted by atomic mass is 10.3. The van der Waals surface area contributed by atoms with Crippen LogP contribution in [-0.4, -0.2) is 21.2 Å². The number of carbonyl (C=O) groups is 1. The number of nitrogens with zero attached hydrogens (tertiary/aromatic N) is 2. The summed E-state index contributed by atoms with van der Waals surface area (Å²) in [5.41, 5.74) is 1.35. The van der Waals surface area contributed by atoms with Gasteiger partial charge in [-0.1, -0.05) is 0 Å². The largest absolute Gasteiger partial charge is 0.465 e. The molecule has 0 spiro atoms. The lowest BCUT2D eigenvalue weighted by Crippen LogP contribution is -2.08. The van der Waals surface area contributed by atoms with Crippen molar-refractivity contribution in [1.82, 2.24) is 9.97 Å². The number of nitrogens with one attached hydrogen (secondary N) is 1. The molecule has 15 heavy (non-hydrogen) atoms. The SMILES string of the molecule is O=C(O)Nc1ccc2ncc(Br)cc2n1. The predicted octanol–water partition coefficient (Wildman–Crippen LogP) is 2.48. The molecule has 0 saturated heterocycles. The molecule has 2 heterocycles. The van der Waals surface area contributed by atoms with Crippen molar-refractivity contribution in [1.29, 1.82) is 0 Å². The van der Waals surface area contributed by atoms with Gasteiger partial charge in [0.05, 0.1) is 11.0 Å². The first kappa shape index (κ1) is 9.85. The second kappa shape index (κ2) is 3.82. The number of aromatic nitrogens is 2. The molecule has 2 N–H and O–H groups in total. The number of amides is 1. The van der Waals surface area contributed by atoms with Crippen LogP contribution in [0.5, 0.6) is 0 Å². The maximum Gasteiger partial charge on any atom is 0.410 e. The first-order valence-electron chi connectivity index (χ1n) is 4.07. The number of hydrogen-bond acceptors (Lipinski definition) is 3. The Morgan fingerprint density at radius 2 is 2.20 bits per heavy atom. The van der Waals surface area contributed by atoms with Gasteiger partial charge in [-0.25, -0.2) is 9.78 Å². The average molecular weight is 268 g/mol. The highest BCUT2D eigenvalue weighted by molar-refractivity contribution is 9.10. The van der Waals surface area contributed by atoms with Crippen LogP contribution in [0.2, 0.25) is 0 Å². The summed E-state index contributed by atoms with van der Waals surface area (Å²) >= 11 is 3.27. The average Bonchev–Trinajstić information content (AvgIpc) is 2.16. The van der Waals surface area contributed by atoms with E-state index in [-0.39, 0.29) is 5.82 Å². The van der Waals surface area contributed by atoms with E-state index in [1.165, 1.54) is 0 Å². The van der Waals surface area contributed by atoms with Gasteiger partial charge in [0.1, 0.15) is 5.82 Å². The Bertz CT molecular complexity index is 530. The normalized spacial score (nSPS) is 10.2. The number of hydrogen-bond donors (Lipinski definition) is 2. The lowest BCUT2D eigenvalue weighted by molar-refractivity contribution is 0.209. The first-order valence-corrected chi connectivity index (χ1v) is 4.87. The molecule has 2 rings (SSSR count). The highest BCUT2D eigenvalue weighted by atomic mass is 79.9. The third kappa shape index (κ3) is 2.21. The maximum atomic E-state index is 10.4. The van der Waals surface area contributed by atoms with Gasteiger partial charge in [0.25, 0.3) is 0 Å². The van der Waals surface area contributed by atoms with Crippen LogP contribution in [0, 0.1) is 0 Å². The van der Waals surface area contributed by atoms with E-state index in [2.05, 4.69) is 31.2 Å². The molecule has 0 aliphatic heterocycles. The fraction of sp³-hybridized carbons (Fsp3) is 0. The van der Waals surface area contributed by atoms with Crippen LogP contribution >= 0.6 is 15.9 Å². The standard InChI is InChI=1S/C9H6BrN3O2/c10-5-3-7-6(11-4-5)1-2-8(12-7)13-9(14)15/h1-4H,(H,12,13)(H,14,15). The molecule has 0 bridgehead atoms. The van der Waals surface area contributed by atoms with E-state index in [1.54, 1.807) is 24.4 Å². The van der Waals surface area contributed by atoms with Crippen molar-refractivity contribution in [3.63, 3.8) is 0 Å². The second-order valence-electron chi connectivity index (χ2n) is 2.82. The van der Waals surface area contributed by atoms with E-state index in [4.69, 9.17) is 5.11 Å². The molecular weight excluding hydrogens is 262 g/mol. The van der Waals surface area contributed by atoms with Crippen molar-refractivity contribution in [3.05, 3.63) is 28.9 Å². The molecule has 0 saturated carbocycles. The van der Waals surface area contributed by atoms with Crippen molar-refractivity contribution >= 4 is 38.9 Å². The van der Waals surface area contributed by atoms with Gasteiger partial charge in [-0.15, -0.1) is 0 Å². The van der Waals surface area contributed by atoms with Crippen LogP contribution in [0.15, 0.2) is 28.9 Å². The van der Waals surface area contributed by atoms with Gasteiger partial charge < -0.3 is 5.11 Å². The van der Waals surface area contributed by atoms with E-state index < -0.39 is 6.09 Å². The molecule has 6 heteroatoms. The van der Waals surface area contributed by atoms with Crippen LogP contribution in [-0.2, 0) is 0 Å². The Balaban J connectivity index is 2.49. The van der Waals surface area contributed by atoms with Crippen molar-refractivity contribution < 1.29 is 9.90 Å². The van der Waals surface area contributed by atoms with Crippen molar-refractivity contribution in [2.24, 2.45) is 0 Å². The number of carboxylic acid groups (broad SMARTS) is 1. The summed E-state index contributed by atoms with van der Waals surface area (Å²) in [6, 6.07) is 5.05. The summed E-state index contributed by atoms with van der Waals surface area (Å²) in [6.45, 7) is 0. The molecule has 5 nitrogen and oxygen atoms in total. The van der Waals surface area contributed by atoms with Gasteiger partial charge in [-0.2, -0.15) is 0 Å². The third-order valence-electron chi connectivity index (χ3n) is 1.74.